The molecule has 4 N–H and O–H groups in total. The number of aromatic nitrogens is 1. The maximum atomic E-state index is 12.4. The Morgan fingerprint density at radius 1 is 1.04 bits per heavy atom. The Bertz CT molecular complexity index is 995. The number of carbonyl (C=O) groups is 3. The van der Waals surface area contributed by atoms with E-state index in [4.69, 9.17) is 16.7 Å². The molecule has 0 aliphatic carbocycles. The molecule has 3 rings (SSSR count). The molecule has 0 bridgehead atoms. The Labute approximate surface area is 153 Å². The van der Waals surface area contributed by atoms with E-state index in [0.29, 0.717) is 27.5 Å². The van der Waals surface area contributed by atoms with Gasteiger partial charge in [0.25, 0.3) is 11.8 Å². The Morgan fingerprint density at radius 2 is 1.77 bits per heavy atom. The number of benzene rings is 2. The van der Waals surface area contributed by atoms with Crippen molar-refractivity contribution in [1.82, 2.24) is 10.3 Å². The Morgan fingerprint density at radius 3 is 2.42 bits per heavy atom. The highest BCUT2D eigenvalue weighted by atomic mass is 35.5. The highest BCUT2D eigenvalue weighted by Gasteiger charge is 2.12. The zero-order valence-electron chi connectivity index (χ0n) is 13.4. The molecule has 0 unspecified atom stereocenters. The number of H-pyrrole nitrogens is 1. The minimum atomic E-state index is -1.12. The smallest absolute Gasteiger partial charge is 0.322 e. The summed E-state index contributed by atoms with van der Waals surface area (Å²) in [7, 11) is 0. The molecule has 1 heterocycles. The normalized spacial score (nSPS) is 10.5. The molecule has 26 heavy (non-hydrogen) atoms. The summed E-state index contributed by atoms with van der Waals surface area (Å²) < 4.78 is 0. The van der Waals surface area contributed by atoms with Gasteiger partial charge in [-0.05, 0) is 36.4 Å². The molecule has 0 saturated carbocycles. The Kier molecular flexibility index (Phi) is 4.90. The summed E-state index contributed by atoms with van der Waals surface area (Å²) in [6.45, 7) is -0.458. The van der Waals surface area contributed by atoms with E-state index >= 15 is 0 Å². The molecule has 0 radical (unpaired) electrons. The first kappa shape index (κ1) is 17.5. The number of fused-ring (bicyclic) bond motifs is 1. The summed E-state index contributed by atoms with van der Waals surface area (Å²) in [6.07, 6.45) is 0. The number of rotatable bonds is 5. The van der Waals surface area contributed by atoms with E-state index in [2.05, 4.69) is 15.6 Å². The zero-order valence-corrected chi connectivity index (χ0v) is 14.1. The molecule has 7 nitrogen and oxygen atoms in total. The SMILES string of the molecule is O=C(O)CNC(=O)c1ccc(NC(=O)c2cc3cccc(Cl)c3[nH]2)cc1. The highest BCUT2D eigenvalue weighted by Crippen LogP contribution is 2.23. The van der Waals surface area contributed by atoms with Gasteiger partial charge < -0.3 is 20.7 Å². The monoisotopic (exact) mass is 371 g/mol. The van der Waals surface area contributed by atoms with Crippen LogP contribution in [0.5, 0.6) is 0 Å². The van der Waals surface area contributed by atoms with E-state index in [9.17, 15) is 14.4 Å². The number of carboxylic acids is 1. The number of amides is 2. The van der Waals surface area contributed by atoms with Gasteiger partial charge in [0.1, 0.15) is 12.2 Å². The second kappa shape index (κ2) is 7.28. The van der Waals surface area contributed by atoms with Crippen LogP contribution in [0.1, 0.15) is 20.8 Å². The lowest BCUT2D eigenvalue weighted by molar-refractivity contribution is -0.135. The molecule has 1 aromatic heterocycles. The average Bonchev–Trinajstić information content (AvgIpc) is 3.06. The number of halogens is 1. The summed E-state index contributed by atoms with van der Waals surface area (Å²) in [5.74, 6) is -1.98. The average molecular weight is 372 g/mol. The van der Waals surface area contributed by atoms with Crippen LogP contribution < -0.4 is 10.6 Å². The molecule has 0 saturated heterocycles. The van der Waals surface area contributed by atoms with E-state index in [1.54, 1.807) is 30.3 Å². The number of aromatic amines is 1. The number of carboxylic acid groups (broad SMARTS) is 1. The fourth-order valence-electron chi connectivity index (χ4n) is 2.40. The van der Waals surface area contributed by atoms with Gasteiger partial charge in [0.2, 0.25) is 0 Å². The molecule has 8 heteroatoms. The molecule has 0 fully saturated rings. The molecule has 0 aliphatic rings. The van der Waals surface area contributed by atoms with Crippen LogP contribution in [0.2, 0.25) is 5.02 Å². The summed E-state index contributed by atoms with van der Waals surface area (Å²) in [4.78, 5) is 37.6. The highest BCUT2D eigenvalue weighted by molar-refractivity contribution is 6.35. The molecular weight excluding hydrogens is 358 g/mol. The lowest BCUT2D eigenvalue weighted by Crippen LogP contribution is -2.29. The lowest BCUT2D eigenvalue weighted by Gasteiger charge is -2.06. The maximum Gasteiger partial charge on any atom is 0.322 e. The van der Waals surface area contributed by atoms with Crippen LogP contribution in [0, 0.1) is 0 Å². The van der Waals surface area contributed by atoms with E-state index in [1.165, 1.54) is 12.1 Å². The lowest BCUT2D eigenvalue weighted by atomic mass is 10.2. The standard InChI is InChI=1S/C18H14ClN3O4/c19-13-3-1-2-11-8-14(22-16(11)13)18(26)21-12-6-4-10(5-7-12)17(25)20-9-15(23)24/h1-8,22H,9H2,(H,20,25)(H,21,26)(H,23,24). The van der Waals surface area contributed by atoms with Crippen LogP contribution in [-0.4, -0.2) is 34.4 Å². The molecule has 2 aromatic carbocycles. The van der Waals surface area contributed by atoms with Crippen LogP contribution in [0.15, 0.2) is 48.5 Å². The van der Waals surface area contributed by atoms with E-state index in [0.717, 1.165) is 5.39 Å². The fraction of sp³-hybridized carbons (Fsp3) is 0.0556. The van der Waals surface area contributed by atoms with Crippen molar-refractivity contribution >= 4 is 46.0 Å². The zero-order chi connectivity index (χ0) is 18.7. The summed E-state index contributed by atoms with van der Waals surface area (Å²) >= 11 is 6.09. The predicted octanol–water partition coefficient (Wildman–Crippen LogP) is 2.89. The first-order chi connectivity index (χ1) is 12.4. The molecule has 132 valence electrons. The van der Waals surface area contributed by atoms with Crippen molar-refractivity contribution < 1.29 is 19.5 Å². The largest absolute Gasteiger partial charge is 0.480 e. The maximum absolute atomic E-state index is 12.4. The number of anilines is 1. The first-order valence-electron chi connectivity index (χ1n) is 7.62. The van der Waals surface area contributed by atoms with Gasteiger partial charge >= 0.3 is 5.97 Å². The van der Waals surface area contributed by atoms with Gasteiger partial charge in [-0.1, -0.05) is 23.7 Å². The third kappa shape index (κ3) is 3.84. The second-order valence-electron chi connectivity index (χ2n) is 5.49. The van der Waals surface area contributed by atoms with Gasteiger partial charge in [0, 0.05) is 16.6 Å². The van der Waals surface area contributed by atoms with Crippen molar-refractivity contribution in [3.05, 3.63) is 64.8 Å². The number of hydrogen-bond donors (Lipinski definition) is 4. The molecule has 0 aliphatic heterocycles. The minimum absolute atomic E-state index is 0.293. The van der Waals surface area contributed by atoms with Gasteiger partial charge in [0.15, 0.2) is 0 Å². The van der Waals surface area contributed by atoms with Crippen LogP contribution in [-0.2, 0) is 4.79 Å². The van der Waals surface area contributed by atoms with Gasteiger partial charge in [-0.25, -0.2) is 0 Å². The van der Waals surface area contributed by atoms with Crippen molar-refractivity contribution in [2.75, 3.05) is 11.9 Å². The number of nitrogens with one attached hydrogen (secondary N) is 3. The topological polar surface area (TPSA) is 111 Å². The number of hydrogen-bond acceptors (Lipinski definition) is 3. The van der Waals surface area contributed by atoms with Crippen LogP contribution in [0.25, 0.3) is 10.9 Å². The third-order valence-corrected chi connectivity index (χ3v) is 3.97. The van der Waals surface area contributed by atoms with Crippen LogP contribution >= 0.6 is 11.6 Å². The summed E-state index contributed by atoms with van der Waals surface area (Å²) in [5.41, 5.74) is 1.83. The second-order valence-corrected chi connectivity index (χ2v) is 5.90. The van der Waals surface area contributed by atoms with Crippen molar-refractivity contribution in [3.63, 3.8) is 0 Å². The molecule has 0 spiro atoms. The Balaban J connectivity index is 1.70. The Hall–Kier alpha value is -3.32. The number of para-hydroxylation sites is 1. The van der Waals surface area contributed by atoms with Crippen LogP contribution in [0.4, 0.5) is 5.69 Å². The van der Waals surface area contributed by atoms with Crippen LogP contribution in [0.3, 0.4) is 0 Å². The number of aliphatic carboxylic acids is 1. The van der Waals surface area contributed by atoms with Gasteiger partial charge in [-0.3, -0.25) is 14.4 Å². The van der Waals surface area contributed by atoms with Crippen molar-refractivity contribution in [2.45, 2.75) is 0 Å². The number of carbonyl (C=O) groups excluding carboxylic acids is 2. The van der Waals surface area contributed by atoms with Gasteiger partial charge in [0.05, 0.1) is 10.5 Å². The molecular formula is C18H14ClN3O4. The predicted molar refractivity (Wildman–Crippen MR) is 97.7 cm³/mol. The van der Waals surface area contributed by atoms with Crippen molar-refractivity contribution in [3.8, 4) is 0 Å². The quantitative estimate of drug-likeness (QED) is 0.552. The summed E-state index contributed by atoms with van der Waals surface area (Å²) in [5, 5.41) is 14.9. The van der Waals surface area contributed by atoms with E-state index in [1.807, 2.05) is 6.07 Å². The minimum Gasteiger partial charge on any atom is -0.480 e. The molecule has 0 atom stereocenters. The van der Waals surface area contributed by atoms with E-state index in [-0.39, 0.29) is 5.91 Å². The van der Waals surface area contributed by atoms with Crippen molar-refractivity contribution in [2.24, 2.45) is 0 Å². The fourth-order valence-corrected chi connectivity index (χ4v) is 2.63. The third-order valence-electron chi connectivity index (χ3n) is 3.66. The van der Waals surface area contributed by atoms with Gasteiger partial charge in [-0.2, -0.15) is 0 Å². The van der Waals surface area contributed by atoms with Crippen molar-refractivity contribution in [1.29, 1.82) is 0 Å². The first-order valence-corrected chi connectivity index (χ1v) is 8.00. The van der Waals surface area contributed by atoms with Gasteiger partial charge in [-0.15, -0.1) is 0 Å². The molecule has 3 aromatic rings. The van der Waals surface area contributed by atoms with E-state index < -0.39 is 18.4 Å². The molecule has 2 amide bonds. The summed E-state index contributed by atoms with van der Waals surface area (Å²) in [6, 6.07) is 13.2.